The Balaban J connectivity index is 1.37. The monoisotopic (exact) mass is 857 g/mol. The summed E-state index contributed by atoms with van der Waals surface area (Å²) in [6.45, 7) is 0.943. The van der Waals surface area contributed by atoms with Crippen LogP contribution in [0.15, 0.2) is 92.4 Å². The number of thioether (sulfide) groups is 2. The van der Waals surface area contributed by atoms with Gasteiger partial charge in [-0.15, -0.1) is 32.4 Å². The lowest BCUT2D eigenvalue weighted by Gasteiger charge is -2.34. The van der Waals surface area contributed by atoms with Gasteiger partial charge in [0.1, 0.15) is 0 Å². The molecule has 0 aromatic heterocycles. The molecule has 0 atom stereocenters. The van der Waals surface area contributed by atoms with Crippen molar-refractivity contribution in [3.8, 4) is 0 Å². The molecule has 2 heterocycles. The van der Waals surface area contributed by atoms with Crippen LogP contribution in [-0.2, 0) is 43.8 Å². The molecule has 2 amide bonds. The molecule has 0 saturated carbocycles. The first-order valence-corrected chi connectivity index (χ1v) is 23.1. The predicted octanol–water partition coefficient (Wildman–Crippen LogP) is 4.46. The van der Waals surface area contributed by atoms with Crippen molar-refractivity contribution >= 4 is 88.3 Å². The van der Waals surface area contributed by atoms with Gasteiger partial charge in [-0.25, -0.2) is 16.8 Å². The quantitative estimate of drug-likeness (QED) is 0.123. The van der Waals surface area contributed by atoms with Gasteiger partial charge < -0.3 is 24.0 Å². The molecule has 18 heteroatoms. The average Bonchev–Trinajstić information content (AvgIpc) is 3.41. The number of hydrogen-bond donors (Lipinski definition) is 0. The van der Waals surface area contributed by atoms with E-state index in [0.29, 0.717) is 41.4 Å². The summed E-state index contributed by atoms with van der Waals surface area (Å²) in [4.78, 5) is 32.5. The number of carbonyl (C=O) groups excluding carboxylic acids is 2. The Hall–Kier alpha value is -3.72. The zero-order chi connectivity index (χ0) is 40.9. The fourth-order valence-electron chi connectivity index (χ4n) is 6.75. The molecule has 0 aliphatic carbocycles. The highest BCUT2D eigenvalue weighted by atomic mass is 32.2. The highest BCUT2D eigenvalue weighted by Crippen LogP contribution is 2.40. The molecule has 57 heavy (non-hydrogen) atoms. The predicted molar refractivity (Wildman–Crippen MR) is 227 cm³/mol. The number of anilines is 2. The van der Waals surface area contributed by atoms with Crippen molar-refractivity contribution in [3.05, 3.63) is 82.6 Å². The Labute approximate surface area is 342 Å². The lowest BCUT2D eigenvalue weighted by Crippen LogP contribution is -2.51. The SMILES string of the molecule is COCCOCCOCCN1C(=O)C2=C(SCCN(S(=O)(=O)c3cccc4c(N(C)C)cccc34)N(S(=O)(=O)c3cccc4c(N(C)C)cccc34)CCS2)C1=O. The Morgan fingerprint density at radius 1 is 0.579 bits per heavy atom. The zero-order valence-electron chi connectivity index (χ0n) is 32.5. The zero-order valence-corrected chi connectivity index (χ0v) is 35.8. The van der Waals surface area contributed by atoms with E-state index in [0.717, 1.165) is 48.6 Å². The van der Waals surface area contributed by atoms with Gasteiger partial charge in [0.25, 0.3) is 31.9 Å². The second kappa shape index (κ2) is 18.5. The molecule has 0 saturated heterocycles. The third-order valence-corrected chi connectivity index (χ3v) is 15.5. The Bertz CT molecular complexity index is 2230. The summed E-state index contributed by atoms with van der Waals surface area (Å²) in [5.74, 6) is -1.05. The van der Waals surface area contributed by atoms with Gasteiger partial charge in [0.2, 0.25) is 0 Å². The summed E-state index contributed by atoms with van der Waals surface area (Å²) in [7, 11) is -0.119. The van der Waals surface area contributed by atoms with Crippen molar-refractivity contribution in [2.45, 2.75) is 9.79 Å². The number of imide groups is 1. The molecule has 2 aliphatic rings. The second-order valence-corrected chi connectivity index (χ2v) is 19.3. The standard InChI is InChI=1S/C39H47N5O9S4/c1-40(2)32-14-6-12-30-28(32)10-8-16-34(30)56(47,48)43-19-26-54-36-37(39(46)42(38(36)45)18-21-52-24-25-53-23-22-51-5)55-27-20-44(43)57(49,50)35-17-9-11-29-31(35)13-7-15-33(29)41(3)4/h6-17H,18-27H2,1-5H3. The number of sulfonamides is 2. The number of fused-ring (bicyclic) bond motifs is 2. The van der Waals surface area contributed by atoms with Crippen LogP contribution in [-0.4, -0.2) is 142 Å². The van der Waals surface area contributed by atoms with E-state index in [1.165, 1.54) is 12.1 Å². The lowest BCUT2D eigenvalue weighted by molar-refractivity contribution is -0.138. The Kier molecular flexibility index (Phi) is 13.9. The number of methoxy groups -OCH3 is 1. The van der Waals surface area contributed by atoms with Crippen LogP contribution in [0.2, 0.25) is 0 Å². The lowest BCUT2D eigenvalue weighted by atomic mass is 10.1. The topological polar surface area (TPSA) is 146 Å². The fraction of sp³-hybridized carbons (Fsp3) is 0.385. The van der Waals surface area contributed by atoms with Crippen LogP contribution in [0, 0.1) is 0 Å². The Morgan fingerprint density at radius 2 is 0.982 bits per heavy atom. The number of nitrogens with zero attached hydrogens (tertiary/aromatic N) is 5. The van der Waals surface area contributed by atoms with Crippen LogP contribution in [0.1, 0.15) is 0 Å². The summed E-state index contributed by atoms with van der Waals surface area (Å²) in [6, 6.07) is 20.6. The van der Waals surface area contributed by atoms with E-state index >= 15 is 16.8 Å². The van der Waals surface area contributed by atoms with Gasteiger partial charge in [-0.3, -0.25) is 14.5 Å². The maximum atomic E-state index is 15.1. The number of hydrogen-bond acceptors (Lipinski definition) is 13. The van der Waals surface area contributed by atoms with Gasteiger partial charge in [-0.05, 0) is 24.3 Å². The molecule has 4 aromatic carbocycles. The number of hydrazine groups is 1. The summed E-state index contributed by atoms with van der Waals surface area (Å²) < 4.78 is 78.2. The molecule has 0 unspecified atom stereocenters. The van der Waals surface area contributed by atoms with Gasteiger partial charge in [0.15, 0.2) is 0 Å². The molecule has 14 nitrogen and oxygen atoms in total. The first-order valence-electron chi connectivity index (χ1n) is 18.2. The van der Waals surface area contributed by atoms with Crippen molar-refractivity contribution in [2.24, 2.45) is 0 Å². The van der Waals surface area contributed by atoms with Gasteiger partial charge in [-0.1, -0.05) is 48.5 Å². The first-order chi connectivity index (χ1) is 27.3. The van der Waals surface area contributed by atoms with Crippen molar-refractivity contribution < 1.29 is 40.6 Å². The van der Waals surface area contributed by atoms with E-state index in [-0.39, 0.29) is 64.0 Å². The molecular weight excluding hydrogens is 811 g/mol. The number of ether oxygens (including phenoxy) is 3. The minimum atomic E-state index is -4.58. The van der Waals surface area contributed by atoms with Crippen molar-refractivity contribution in [3.63, 3.8) is 0 Å². The van der Waals surface area contributed by atoms with Crippen molar-refractivity contribution in [1.82, 2.24) is 13.7 Å². The van der Waals surface area contributed by atoms with E-state index in [1.54, 1.807) is 43.5 Å². The molecule has 0 spiro atoms. The summed E-state index contributed by atoms with van der Waals surface area (Å²) >= 11 is 2.07. The van der Waals surface area contributed by atoms with E-state index in [1.807, 2.05) is 62.3 Å². The third kappa shape index (κ3) is 8.84. The van der Waals surface area contributed by atoms with Crippen LogP contribution < -0.4 is 9.80 Å². The van der Waals surface area contributed by atoms with Crippen LogP contribution in [0.25, 0.3) is 21.5 Å². The molecular formula is C39H47N5O9S4. The number of rotatable bonds is 15. The van der Waals surface area contributed by atoms with E-state index in [2.05, 4.69) is 0 Å². The van der Waals surface area contributed by atoms with Gasteiger partial charge in [-0.2, -0.15) is 0 Å². The highest BCUT2D eigenvalue weighted by molar-refractivity contribution is 8.08. The maximum absolute atomic E-state index is 15.1. The second-order valence-electron chi connectivity index (χ2n) is 13.5. The van der Waals surface area contributed by atoms with Crippen LogP contribution in [0.3, 0.4) is 0 Å². The molecule has 2 aliphatic heterocycles. The molecule has 306 valence electrons. The number of carbonyl (C=O) groups is 2. The minimum Gasteiger partial charge on any atom is -0.382 e. The minimum absolute atomic E-state index is 0.0108. The van der Waals surface area contributed by atoms with E-state index in [4.69, 9.17) is 14.2 Å². The van der Waals surface area contributed by atoms with Gasteiger partial charge in [0.05, 0.1) is 59.2 Å². The number of amides is 2. The third-order valence-electron chi connectivity index (χ3n) is 9.45. The summed E-state index contributed by atoms with van der Waals surface area (Å²) in [5.41, 5.74) is 1.59. The Morgan fingerprint density at radius 3 is 1.42 bits per heavy atom. The number of benzene rings is 4. The molecule has 0 fully saturated rings. The molecule has 0 radical (unpaired) electrons. The molecule has 0 bridgehead atoms. The normalized spacial score (nSPS) is 16.5. The van der Waals surface area contributed by atoms with Crippen molar-refractivity contribution in [1.29, 1.82) is 0 Å². The average molecular weight is 858 g/mol. The molecule has 0 N–H and O–H groups in total. The van der Waals surface area contributed by atoms with E-state index in [9.17, 15) is 9.59 Å². The smallest absolute Gasteiger partial charge is 0.268 e. The highest BCUT2D eigenvalue weighted by Gasteiger charge is 2.43. The fourth-order valence-corrected chi connectivity index (χ4v) is 12.9. The van der Waals surface area contributed by atoms with Gasteiger partial charge in [0, 0.05) is 92.8 Å². The maximum Gasteiger partial charge on any atom is 0.268 e. The van der Waals surface area contributed by atoms with Crippen LogP contribution in [0.5, 0.6) is 0 Å². The molecule has 6 rings (SSSR count). The van der Waals surface area contributed by atoms with Gasteiger partial charge >= 0.3 is 0 Å². The van der Waals surface area contributed by atoms with Crippen LogP contribution in [0.4, 0.5) is 11.4 Å². The van der Waals surface area contributed by atoms with E-state index < -0.39 is 31.9 Å². The van der Waals surface area contributed by atoms with Crippen molar-refractivity contribution in [2.75, 3.05) is 109 Å². The largest absolute Gasteiger partial charge is 0.382 e. The molecule has 4 aromatic rings. The summed E-state index contributed by atoms with van der Waals surface area (Å²) in [5, 5.41) is 2.23. The summed E-state index contributed by atoms with van der Waals surface area (Å²) in [6.07, 6.45) is 0. The first kappa shape index (κ1) is 42.9. The van der Waals surface area contributed by atoms with Crippen LogP contribution >= 0.6 is 23.5 Å².